The number of hydrogen-bond donors (Lipinski definition) is 2. The molecule has 2 N–H and O–H groups in total. The third-order valence-corrected chi connectivity index (χ3v) is 3.95. The van der Waals surface area contributed by atoms with E-state index in [0.29, 0.717) is 0 Å². The molecule has 2 unspecified atom stereocenters. The van der Waals surface area contributed by atoms with Crippen LogP contribution in [0.25, 0.3) is 0 Å². The third kappa shape index (κ3) is 2.91. The Balaban J connectivity index is 2.49. The van der Waals surface area contributed by atoms with Gasteiger partial charge in [-0.2, -0.15) is 0 Å². The van der Waals surface area contributed by atoms with Crippen LogP contribution < -0.4 is 0 Å². The molecule has 2 atom stereocenters. The zero-order valence-electron chi connectivity index (χ0n) is 11.0. The van der Waals surface area contributed by atoms with E-state index in [-0.39, 0.29) is 12.5 Å². The van der Waals surface area contributed by atoms with E-state index in [9.17, 15) is 10.2 Å². The van der Waals surface area contributed by atoms with Gasteiger partial charge in [0.1, 0.15) is 5.60 Å². The zero-order valence-corrected chi connectivity index (χ0v) is 12.6. The second-order valence-corrected chi connectivity index (χ2v) is 5.90. The van der Waals surface area contributed by atoms with Gasteiger partial charge in [-0.05, 0) is 17.7 Å². The SMILES string of the molecule is CN(C)C1=CC(O)(CO)C=C(Br)C1c1ccccc1. The average Bonchev–Trinajstić information content (AvgIpc) is 2.39. The molecule has 102 valence electrons. The lowest BCUT2D eigenvalue weighted by atomic mass is 9.85. The number of nitrogens with zero attached hydrogens (tertiary/aromatic N) is 1. The smallest absolute Gasteiger partial charge is 0.127 e. The van der Waals surface area contributed by atoms with Crippen molar-refractivity contribution in [1.29, 1.82) is 0 Å². The van der Waals surface area contributed by atoms with Gasteiger partial charge in [0.25, 0.3) is 0 Å². The number of aliphatic hydroxyl groups excluding tert-OH is 1. The minimum atomic E-state index is -1.30. The van der Waals surface area contributed by atoms with Crippen LogP contribution in [0.2, 0.25) is 0 Å². The van der Waals surface area contributed by atoms with Crippen LogP contribution in [-0.4, -0.2) is 41.4 Å². The van der Waals surface area contributed by atoms with Gasteiger partial charge in [0.2, 0.25) is 0 Å². The van der Waals surface area contributed by atoms with Crippen molar-refractivity contribution < 1.29 is 10.2 Å². The summed E-state index contributed by atoms with van der Waals surface area (Å²) in [5.41, 5.74) is 0.798. The Morgan fingerprint density at radius 3 is 2.37 bits per heavy atom. The van der Waals surface area contributed by atoms with Gasteiger partial charge in [-0.15, -0.1) is 0 Å². The lowest BCUT2D eigenvalue weighted by Gasteiger charge is -2.34. The first-order valence-electron chi connectivity index (χ1n) is 6.13. The monoisotopic (exact) mass is 323 g/mol. The van der Waals surface area contributed by atoms with Crippen LogP contribution in [0.4, 0.5) is 0 Å². The summed E-state index contributed by atoms with van der Waals surface area (Å²) in [5.74, 6) is 0.0445. The van der Waals surface area contributed by atoms with E-state index >= 15 is 0 Å². The molecule has 1 aromatic rings. The summed E-state index contributed by atoms with van der Waals surface area (Å²) in [5, 5.41) is 19.6. The summed E-state index contributed by atoms with van der Waals surface area (Å²) in [4.78, 5) is 1.96. The van der Waals surface area contributed by atoms with Crippen molar-refractivity contribution in [1.82, 2.24) is 4.90 Å². The van der Waals surface area contributed by atoms with Gasteiger partial charge in [-0.25, -0.2) is 0 Å². The number of halogens is 1. The summed E-state index contributed by atoms with van der Waals surface area (Å²) in [7, 11) is 3.87. The molecule has 1 aromatic carbocycles. The first kappa shape index (κ1) is 14.3. The molecule has 0 amide bonds. The molecule has 1 aliphatic carbocycles. The molecule has 0 aliphatic heterocycles. The Bertz CT molecular complexity index is 510. The highest BCUT2D eigenvalue weighted by molar-refractivity contribution is 9.11. The molecule has 1 aliphatic rings. The molecule has 3 nitrogen and oxygen atoms in total. The van der Waals surface area contributed by atoms with E-state index in [0.717, 1.165) is 15.7 Å². The Hall–Kier alpha value is -1.10. The molecule has 19 heavy (non-hydrogen) atoms. The zero-order chi connectivity index (χ0) is 14.0. The Labute approximate surface area is 122 Å². The van der Waals surface area contributed by atoms with Gasteiger partial charge >= 0.3 is 0 Å². The van der Waals surface area contributed by atoms with E-state index in [2.05, 4.69) is 28.1 Å². The van der Waals surface area contributed by atoms with Gasteiger partial charge in [0.15, 0.2) is 0 Å². The number of hydrogen-bond acceptors (Lipinski definition) is 3. The maximum Gasteiger partial charge on any atom is 0.127 e. The van der Waals surface area contributed by atoms with E-state index in [1.165, 1.54) is 0 Å². The minimum Gasteiger partial charge on any atom is -0.393 e. The number of aliphatic hydroxyl groups is 2. The molecule has 0 saturated carbocycles. The van der Waals surface area contributed by atoms with Crippen molar-refractivity contribution in [3.63, 3.8) is 0 Å². The first-order chi connectivity index (χ1) is 8.97. The summed E-state index contributed by atoms with van der Waals surface area (Å²) >= 11 is 3.54. The molecule has 0 spiro atoms. The molecule has 0 aromatic heterocycles. The molecule has 2 rings (SSSR count). The largest absolute Gasteiger partial charge is 0.393 e. The van der Waals surface area contributed by atoms with Crippen molar-refractivity contribution in [2.45, 2.75) is 11.5 Å². The van der Waals surface area contributed by atoms with Crippen LogP contribution in [0, 0.1) is 0 Å². The fraction of sp³-hybridized carbons (Fsp3) is 0.333. The van der Waals surface area contributed by atoms with Crippen LogP contribution in [0.5, 0.6) is 0 Å². The topological polar surface area (TPSA) is 43.7 Å². The molecule has 0 saturated heterocycles. The highest BCUT2D eigenvalue weighted by Crippen LogP contribution is 2.41. The molecule has 0 heterocycles. The highest BCUT2D eigenvalue weighted by Gasteiger charge is 2.33. The first-order valence-corrected chi connectivity index (χ1v) is 6.92. The summed E-state index contributed by atoms with van der Waals surface area (Å²) in [6, 6.07) is 10.1. The Morgan fingerprint density at radius 1 is 1.21 bits per heavy atom. The molecule has 0 radical (unpaired) electrons. The van der Waals surface area contributed by atoms with Gasteiger partial charge < -0.3 is 15.1 Å². The molecule has 4 heteroatoms. The normalized spacial score (nSPS) is 26.7. The molecule has 0 fully saturated rings. The summed E-state index contributed by atoms with van der Waals surface area (Å²) < 4.78 is 0.862. The van der Waals surface area contributed by atoms with Crippen LogP contribution >= 0.6 is 15.9 Å². The third-order valence-electron chi connectivity index (χ3n) is 3.26. The molecular weight excluding hydrogens is 306 g/mol. The summed E-state index contributed by atoms with van der Waals surface area (Å²) in [6.45, 7) is -0.332. The van der Waals surface area contributed by atoms with Crippen LogP contribution in [0.1, 0.15) is 11.5 Å². The summed E-state index contributed by atoms with van der Waals surface area (Å²) in [6.07, 6.45) is 3.38. The maximum atomic E-state index is 10.3. The predicted octanol–water partition coefficient (Wildman–Crippen LogP) is 2.23. The second-order valence-electron chi connectivity index (χ2n) is 4.99. The van der Waals surface area contributed by atoms with Gasteiger partial charge in [0, 0.05) is 24.3 Å². The van der Waals surface area contributed by atoms with Crippen LogP contribution in [-0.2, 0) is 0 Å². The van der Waals surface area contributed by atoms with E-state index < -0.39 is 5.60 Å². The Morgan fingerprint density at radius 2 is 1.84 bits per heavy atom. The van der Waals surface area contributed by atoms with Gasteiger partial charge in [-0.1, -0.05) is 46.3 Å². The lowest BCUT2D eigenvalue weighted by Crippen LogP contribution is -2.35. The van der Waals surface area contributed by atoms with Gasteiger partial charge in [0.05, 0.1) is 12.5 Å². The maximum absolute atomic E-state index is 10.3. The van der Waals surface area contributed by atoms with E-state index in [1.54, 1.807) is 12.2 Å². The van der Waals surface area contributed by atoms with Crippen molar-refractivity contribution in [2.75, 3.05) is 20.7 Å². The minimum absolute atomic E-state index is 0.0445. The second kappa shape index (κ2) is 5.49. The fourth-order valence-corrected chi connectivity index (χ4v) is 3.19. The molecule has 0 bridgehead atoms. The van der Waals surface area contributed by atoms with E-state index in [1.807, 2.05) is 37.2 Å². The van der Waals surface area contributed by atoms with E-state index in [4.69, 9.17) is 0 Å². The van der Waals surface area contributed by atoms with Crippen LogP contribution in [0.3, 0.4) is 0 Å². The van der Waals surface area contributed by atoms with Gasteiger partial charge in [-0.3, -0.25) is 0 Å². The number of allylic oxidation sites excluding steroid dienone is 1. The van der Waals surface area contributed by atoms with Crippen molar-refractivity contribution >= 4 is 15.9 Å². The fourth-order valence-electron chi connectivity index (χ4n) is 2.30. The quantitative estimate of drug-likeness (QED) is 0.896. The standard InChI is InChI=1S/C15H18BrNO2/c1-17(2)13-9-15(19,10-18)8-12(16)14(13)11-6-4-3-5-7-11/h3-9,14,18-19H,10H2,1-2H3. The van der Waals surface area contributed by atoms with Crippen molar-refractivity contribution in [2.24, 2.45) is 0 Å². The average molecular weight is 324 g/mol. The van der Waals surface area contributed by atoms with Crippen molar-refractivity contribution in [3.8, 4) is 0 Å². The molecular formula is C15H18BrNO2. The number of likely N-dealkylation sites (N-methyl/N-ethyl adjacent to an activating group) is 1. The Kier molecular flexibility index (Phi) is 4.13. The number of benzene rings is 1. The lowest BCUT2D eigenvalue weighted by molar-refractivity contribution is 0.0636. The van der Waals surface area contributed by atoms with Crippen molar-refractivity contribution in [3.05, 3.63) is 58.2 Å². The predicted molar refractivity (Wildman–Crippen MR) is 80.0 cm³/mol. The number of rotatable bonds is 3. The highest BCUT2D eigenvalue weighted by atomic mass is 79.9. The van der Waals surface area contributed by atoms with Crippen LogP contribution in [0.15, 0.2) is 52.7 Å².